The summed E-state index contributed by atoms with van der Waals surface area (Å²) in [7, 11) is 0. The number of fused-ring (bicyclic) bond motifs is 4. The largest absolute Gasteiger partial charge is 0.380 e. The second-order valence-electron chi connectivity index (χ2n) is 8.57. The van der Waals surface area contributed by atoms with Crippen LogP contribution in [0.2, 0.25) is 0 Å². The molecule has 26 heavy (non-hydrogen) atoms. The first-order chi connectivity index (χ1) is 12.5. The molecule has 0 aromatic heterocycles. The van der Waals surface area contributed by atoms with Crippen molar-refractivity contribution in [2.75, 3.05) is 31.6 Å². The summed E-state index contributed by atoms with van der Waals surface area (Å²) in [4.78, 5) is 28.7. The van der Waals surface area contributed by atoms with Gasteiger partial charge in [-0.3, -0.25) is 14.5 Å². The van der Waals surface area contributed by atoms with E-state index in [1.54, 1.807) is 0 Å². The summed E-state index contributed by atoms with van der Waals surface area (Å²) in [5.74, 6) is -0.387. The number of carbonyl (C=O) groups excluding carboxylic acids is 2. The molecule has 0 saturated carbocycles. The van der Waals surface area contributed by atoms with Gasteiger partial charge in [0.1, 0.15) is 5.54 Å². The average molecular weight is 355 g/mol. The van der Waals surface area contributed by atoms with Crippen molar-refractivity contribution in [2.45, 2.75) is 37.8 Å². The molecule has 0 radical (unpaired) electrons. The average Bonchev–Trinajstić information content (AvgIpc) is 3.26. The fourth-order valence-electron chi connectivity index (χ4n) is 5.36. The predicted octanol–water partition coefficient (Wildman–Crippen LogP) is 1.47. The van der Waals surface area contributed by atoms with E-state index < -0.39 is 5.54 Å². The van der Waals surface area contributed by atoms with Gasteiger partial charge in [0.05, 0.1) is 19.1 Å². The Morgan fingerprint density at radius 2 is 2.19 bits per heavy atom. The number of rotatable bonds is 3. The fourth-order valence-corrected chi connectivity index (χ4v) is 5.36. The monoisotopic (exact) mass is 355 g/mol. The second-order valence-corrected chi connectivity index (χ2v) is 8.57. The van der Waals surface area contributed by atoms with Crippen LogP contribution in [-0.2, 0) is 19.9 Å². The third-order valence-electron chi connectivity index (χ3n) is 6.68. The normalized spacial score (nSPS) is 34.3. The van der Waals surface area contributed by atoms with Crippen LogP contribution >= 0.6 is 0 Å². The van der Waals surface area contributed by atoms with Crippen molar-refractivity contribution in [2.24, 2.45) is 11.3 Å². The Morgan fingerprint density at radius 1 is 1.38 bits per heavy atom. The van der Waals surface area contributed by atoms with Crippen LogP contribution in [0.4, 0.5) is 5.69 Å². The molecule has 138 valence electrons. The van der Waals surface area contributed by atoms with Gasteiger partial charge in [-0.05, 0) is 31.9 Å². The highest BCUT2D eigenvalue weighted by atomic mass is 16.5. The highest BCUT2D eigenvalue weighted by Crippen LogP contribution is 2.55. The molecule has 2 amide bonds. The first-order valence-corrected chi connectivity index (χ1v) is 9.58. The molecule has 0 bridgehead atoms. The molecule has 0 aliphatic carbocycles. The third-order valence-corrected chi connectivity index (χ3v) is 6.68. The number of ether oxygens (including phenoxy) is 1. The van der Waals surface area contributed by atoms with Gasteiger partial charge in [0.2, 0.25) is 11.8 Å². The number of para-hydroxylation sites is 1. The minimum absolute atomic E-state index is 0.000576. The molecule has 2 N–H and O–H groups in total. The van der Waals surface area contributed by atoms with Gasteiger partial charge in [-0.2, -0.15) is 0 Å². The van der Waals surface area contributed by atoms with Crippen LogP contribution in [0.3, 0.4) is 0 Å². The van der Waals surface area contributed by atoms with E-state index >= 15 is 0 Å². The molecule has 1 spiro atoms. The predicted molar refractivity (Wildman–Crippen MR) is 96.5 cm³/mol. The highest BCUT2D eigenvalue weighted by molar-refractivity contribution is 6.09. The number of nitrogens with zero attached hydrogens (tertiary/aromatic N) is 1. The SMILES string of the molecule is CC1(CNC(=O)[C@H]2C[C@H]3CCCN3[C@]23C(=O)Nc2ccccc23)COC1. The van der Waals surface area contributed by atoms with Crippen molar-refractivity contribution in [1.29, 1.82) is 0 Å². The molecule has 5 rings (SSSR count). The molecule has 4 heterocycles. The molecule has 6 heteroatoms. The summed E-state index contributed by atoms with van der Waals surface area (Å²) in [5.41, 5.74) is 0.988. The van der Waals surface area contributed by atoms with Crippen molar-refractivity contribution < 1.29 is 14.3 Å². The summed E-state index contributed by atoms with van der Waals surface area (Å²) in [6.45, 7) is 4.97. The van der Waals surface area contributed by atoms with Crippen molar-refractivity contribution in [3.05, 3.63) is 29.8 Å². The highest BCUT2D eigenvalue weighted by Gasteiger charge is 2.65. The first kappa shape index (κ1) is 16.3. The number of hydrogen-bond donors (Lipinski definition) is 2. The lowest BCUT2D eigenvalue weighted by Crippen LogP contribution is -2.56. The van der Waals surface area contributed by atoms with Gasteiger partial charge < -0.3 is 15.4 Å². The lowest BCUT2D eigenvalue weighted by atomic mass is 9.78. The van der Waals surface area contributed by atoms with Gasteiger partial charge in [-0.15, -0.1) is 0 Å². The lowest BCUT2D eigenvalue weighted by molar-refractivity contribution is -0.139. The molecule has 4 aliphatic heterocycles. The number of carbonyl (C=O) groups is 2. The zero-order valence-electron chi connectivity index (χ0n) is 15.1. The second kappa shape index (κ2) is 5.54. The summed E-state index contributed by atoms with van der Waals surface area (Å²) in [6, 6.07) is 8.15. The Kier molecular flexibility index (Phi) is 3.46. The van der Waals surface area contributed by atoms with Crippen LogP contribution in [-0.4, -0.2) is 49.1 Å². The van der Waals surface area contributed by atoms with E-state index in [-0.39, 0.29) is 23.1 Å². The van der Waals surface area contributed by atoms with E-state index in [1.807, 2.05) is 24.3 Å². The van der Waals surface area contributed by atoms with Crippen LogP contribution in [0.1, 0.15) is 31.7 Å². The Morgan fingerprint density at radius 3 is 2.96 bits per heavy atom. The first-order valence-electron chi connectivity index (χ1n) is 9.58. The summed E-state index contributed by atoms with van der Waals surface area (Å²) >= 11 is 0. The lowest BCUT2D eigenvalue weighted by Gasteiger charge is -2.39. The van der Waals surface area contributed by atoms with Gasteiger partial charge in [-0.1, -0.05) is 25.1 Å². The van der Waals surface area contributed by atoms with Gasteiger partial charge in [0.15, 0.2) is 0 Å². The number of nitrogens with one attached hydrogen (secondary N) is 2. The Balaban J connectivity index is 1.50. The van der Waals surface area contributed by atoms with E-state index in [2.05, 4.69) is 22.5 Å². The standard InChI is InChI=1S/C20H25N3O3/c1-19(11-26-12-19)10-21-17(24)15-9-13-5-4-8-23(13)20(15)14-6-2-3-7-16(14)22-18(20)25/h2-3,6-7,13,15H,4-5,8-12H2,1H3,(H,21,24)(H,22,25)/t13-,15-,20+/m1/s1. The van der Waals surface area contributed by atoms with Gasteiger partial charge in [-0.25, -0.2) is 0 Å². The molecule has 3 fully saturated rings. The maximum absolute atomic E-state index is 13.2. The minimum Gasteiger partial charge on any atom is -0.380 e. The zero-order valence-corrected chi connectivity index (χ0v) is 15.1. The molecule has 0 unspecified atom stereocenters. The molecular weight excluding hydrogens is 330 g/mol. The van der Waals surface area contributed by atoms with E-state index in [1.165, 1.54) is 0 Å². The van der Waals surface area contributed by atoms with Crippen molar-refractivity contribution in [1.82, 2.24) is 10.2 Å². The summed E-state index contributed by atoms with van der Waals surface area (Å²) < 4.78 is 5.29. The van der Waals surface area contributed by atoms with Crippen LogP contribution < -0.4 is 10.6 Å². The third kappa shape index (κ3) is 2.06. The number of anilines is 1. The zero-order chi connectivity index (χ0) is 17.9. The number of benzene rings is 1. The van der Waals surface area contributed by atoms with Crippen molar-refractivity contribution >= 4 is 17.5 Å². The van der Waals surface area contributed by atoms with Crippen LogP contribution in [0, 0.1) is 11.3 Å². The topological polar surface area (TPSA) is 70.7 Å². The van der Waals surface area contributed by atoms with Gasteiger partial charge >= 0.3 is 0 Å². The van der Waals surface area contributed by atoms with E-state index in [9.17, 15) is 9.59 Å². The molecule has 3 saturated heterocycles. The Labute approximate surface area is 153 Å². The van der Waals surface area contributed by atoms with E-state index in [0.717, 1.165) is 37.1 Å². The Bertz CT molecular complexity index is 775. The van der Waals surface area contributed by atoms with Crippen molar-refractivity contribution in [3.63, 3.8) is 0 Å². The van der Waals surface area contributed by atoms with Crippen LogP contribution in [0.15, 0.2) is 24.3 Å². The smallest absolute Gasteiger partial charge is 0.250 e. The quantitative estimate of drug-likeness (QED) is 0.861. The van der Waals surface area contributed by atoms with Gasteiger partial charge in [0, 0.05) is 29.3 Å². The van der Waals surface area contributed by atoms with E-state index in [4.69, 9.17) is 4.74 Å². The number of amides is 2. The molecule has 1 aromatic carbocycles. The van der Waals surface area contributed by atoms with Gasteiger partial charge in [0.25, 0.3) is 0 Å². The molecular formula is C20H25N3O3. The van der Waals surface area contributed by atoms with Crippen molar-refractivity contribution in [3.8, 4) is 0 Å². The molecule has 3 atom stereocenters. The summed E-state index contributed by atoms with van der Waals surface area (Å²) in [5, 5.41) is 6.18. The van der Waals surface area contributed by atoms with Crippen LogP contribution in [0.25, 0.3) is 0 Å². The maximum Gasteiger partial charge on any atom is 0.250 e. The van der Waals surface area contributed by atoms with Crippen LogP contribution in [0.5, 0.6) is 0 Å². The maximum atomic E-state index is 13.2. The Hall–Kier alpha value is -1.92. The minimum atomic E-state index is -0.848. The summed E-state index contributed by atoms with van der Waals surface area (Å²) in [6.07, 6.45) is 2.90. The molecule has 6 nitrogen and oxygen atoms in total. The molecule has 4 aliphatic rings. The number of hydrogen-bond acceptors (Lipinski definition) is 4. The fraction of sp³-hybridized carbons (Fsp3) is 0.600. The van der Waals surface area contributed by atoms with E-state index in [0.29, 0.717) is 25.8 Å². The molecule has 1 aromatic rings.